The molecule has 0 saturated carbocycles. The molecule has 84 valence electrons. The highest BCUT2D eigenvalue weighted by atomic mass is 35.5. The van der Waals surface area contributed by atoms with E-state index >= 15 is 0 Å². The van der Waals surface area contributed by atoms with Gasteiger partial charge >= 0.3 is 5.76 Å². The zero-order valence-electron chi connectivity index (χ0n) is 7.88. The average Bonchev–Trinajstić information content (AvgIpc) is 2.16. The topological polar surface area (TPSA) is 34.1 Å². The van der Waals surface area contributed by atoms with Crippen LogP contribution in [0, 0.1) is 0 Å². The summed E-state index contributed by atoms with van der Waals surface area (Å²) in [7, 11) is -4.55. The highest BCUT2D eigenvalue weighted by Gasteiger charge is 2.26. The van der Waals surface area contributed by atoms with Gasteiger partial charge in [-0.15, -0.1) is 0 Å². The summed E-state index contributed by atoms with van der Waals surface area (Å²) in [6, 6.07) is 3.79. The van der Waals surface area contributed by atoms with Gasteiger partial charge in [0, 0.05) is 5.02 Å². The van der Waals surface area contributed by atoms with Crippen molar-refractivity contribution in [3.8, 4) is 0 Å². The van der Waals surface area contributed by atoms with Crippen LogP contribution in [-0.2, 0) is 16.3 Å². The van der Waals surface area contributed by atoms with Crippen LogP contribution in [0.5, 0.6) is 0 Å². The van der Waals surface area contributed by atoms with Crippen LogP contribution in [-0.4, -0.2) is 14.2 Å². The summed E-state index contributed by atoms with van der Waals surface area (Å²) in [4.78, 5) is -0.429. The van der Waals surface area contributed by atoms with Crippen molar-refractivity contribution < 1.29 is 17.2 Å². The molecule has 0 N–H and O–H groups in total. The molecule has 15 heavy (non-hydrogen) atoms. The van der Waals surface area contributed by atoms with Crippen LogP contribution in [0.2, 0.25) is 5.02 Å². The molecule has 0 heterocycles. The highest BCUT2D eigenvalue weighted by Crippen LogP contribution is 2.23. The predicted molar refractivity (Wildman–Crippen MR) is 54.0 cm³/mol. The maximum Gasteiger partial charge on any atom is 0.341 e. The van der Waals surface area contributed by atoms with E-state index < -0.39 is 20.5 Å². The molecule has 0 bridgehead atoms. The summed E-state index contributed by atoms with van der Waals surface area (Å²) >= 11 is 5.63. The Bertz CT molecular complexity index is 457. The van der Waals surface area contributed by atoms with Crippen molar-refractivity contribution in [1.82, 2.24) is 0 Å². The highest BCUT2D eigenvalue weighted by molar-refractivity contribution is 7.91. The fourth-order valence-electron chi connectivity index (χ4n) is 1.09. The van der Waals surface area contributed by atoms with E-state index in [0.717, 1.165) is 6.07 Å². The minimum atomic E-state index is -4.55. The number of aryl methyl sites for hydroxylation is 1. The predicted octanol–water partition coefficient (Wildman–Crippen LogP) is 2.90. The third-order valence-electron chi connectivity index (χ3n) is 1.90. The molecule has 0 aromatic heterocycles. The van der Waals surface area contributed by atoms with Crippen molar-refractivity contribution >= 4 is 21.4 Å². The normalized spacial score (nSPS) is 12.1. The van der Waals surface area contributed by atoms with E-state index in [0.29, 0.717) is 12.0 Å². The summed E-state index contributed by atoms with van der Waals surface area (Å²) in [5.41, 5.74) is 0.613. The van der Waals surface area contributed by atoms with Crippen LogP contribution >= 0.6 is 11.6 Å². The van der Waals surface area contributed by atoms with Crippen LogP contribution in [0.1, 0.15) is 12.5 Å². The maximum atomic E-state index is 12.2. The lowest BCUT2D eigenvalue weighted by molar-refractivity contribution is 0.234. The van der Waals surface area contributed by atoms with Crippen molar-refractivity contribution in [2.75, 3.05) is 0 Å². The zero-order valence-corrected chi connectivity index (χ0v) is 9.45. The quantitative estimate of drug-likeness (QED) is 0.831. The van der Waals surface area contributed by atoms with Gasteiger partial charge in [-0.25, -0.2) is 8.42 Å². The van der Waals surface area contributed by atoms with E-state index in [1.807, 2.05) is 0 Å². The Morgan fingerprint density at radius 1 is 1.33 bits per heavy atom. The van der Waals surface area contributed by atoms with E-state index in [2.05, 4.69) is 0 Å². The van der Waals surface area contributed by atoms with Crippen LogP contribution < -0.4 is 0 Å². The molecule has 0 aliphatic carbocycles. The lowest BCUT2D eigenvalue weighted by atomic mass is 10.2. The second-order valence-corrected chi connectivity index (χ2v) is 5.31. The molecule has 0 aliphatic rings. The van der Waals surface area contributed by atoms with Gasteiger partial charge in [-0.2, -0.15) is 8.78 Å². The number of alkyl halides is 2. The third kappa shape index (κ3) is 2.66. The number of benzene rings is 1. The van der Waals surface area contributed by atoms with Gasteiger partial charge in [0.05, 0.1) is 4.90 Å². The molecule has 0 spiro atoms. The second kappa shape index (κ2) is 4.45. The molecule has 0 fully saturated rings. The molecule has 0 aliphatic heterocycles. The molecular weight excluding hydrogens is 246 g/mol. The number of hydrogen-bond acceptors (Lipinski definition) is 2. The lowest BCUT2D eigenvalue weighted by Gasteiger charge is -2.05. The first kappa shape index (κ1) is 12.4. The average molecular weight is 255 g/mol. The van der Waals surface area contributed by atoms with E-state index in [4.69, 9.17) is 11.6 Å². The maximum absolute atomic E-state index is 12.2. The molecule has 1 aromatic carbocycles. The summed E-state index contributed by atoms with van der Waals surface area (Å²) in [6.45, 7) is 1.78. The van der Waals surface area contributed by atoms with Gasteiger partial charge in [0.15, 0.2) is 0 Å². The van der Waals surface area contributed by atoms with Crippen LogP contribution in [0.15, 0.2) is 23.1 Å². The fraction of sp³-hybridized carbons (Fsp3) is 0.333. The van der Waals surface area contributed by atoms with E-state index in [1.54, 1.807) is 13.0 Å². The fourth-order valence-corrected chi connectivity index (χ4v) is 2.23. The Morgan fingerprint density at radius 3 is 2.40 bits per heavy atom. The molecular formula is C9H9ClF2O2S. The second-order valence-electron chi connectivity index (χ2n) is 2.95. The summed E-state index contributed by atoms with van der Waals surface area (Å²) in [5.74, 6) is -3.42. The SMILES string of the molecule is CCc1cc(Cl)cc(S(=O)(=O)C(F)F)c1. The number of sulfone groups is 1. The Kier molecular flexibility index (Phi) is 3.67. The van der Waals surface area contributed by atoms with Crippen molar-refractivity contribution in [2.45, 2.75) is 24.0 Å². The molecule has 6 heteroatoms. The minimum Gasteiger partial charge on any atom is -0.218 e. The Balaban J connectivity index is 3.33. The molecule has 0 unspecified atom stereocenters. The number of hydrogen-bond donors (Lipinski definition) is 0. The molecule has 2 nitrogen and oxygen atoms in total. The van der Waals surface area contributed by atoms with Gasteiger partial charge in [-0.3, -0.25) is 0 Å². The van der Waals surface area contributed by atoms with Crippen LogP contribution in [0.25, 0.3) is 0 Å². The Morgan fingerprint density at radius 2 is 1.93 bits per heavy atom. The molecule has 0 amide bonds. The van der Waals surface area contributed by atoms with Crippen molar-refractivity contribution in [2.24, 2.45) is 0 Å². The zero-order chi connectivity index (χ0) is 11.6. The van der Waals surface area contributed by atoms with Gasteiger partial charge in [-0.1, -0.05) is 18.5 Å². The first-order valence-electron chi connectivity index (χ1n) is 4.19. The standard InChI is InChI=1S/C9H9ClF2O2S/c1-2-6-3-7(10)5-8(4-6)15(13,14)9(11)12/h3-5,9H,2H2,1H3. The molecule has 0 atom stereocenters. The van der Waals surface area contributed by atoms with Crippen molar-refractivity contribution in [1.29, 1.82) is 0 Å². The largest absolute Gasteiger partial charge is 0.341 e. The van der Waals surface area contributed by atoms with Gasteiger partial charge in [0.25, 0.3) is 0 Å². The van der Waals surface area contributed by atoms with Crippen LogP contribution in [0.3, 0.4) is 0 Å². The van der Waals surface area contributed by atoms with E-state index in [-0.39, 0.29) is 5.02 Å². The lowest BCUT2D eigenvalue weighted by Crippen LogP contribution is -2.11. The third-order valence-corrected chi connectivity index (χ3v) is 3.48. The first-order chi connectivity index (χ1) is 6.87. The van der Waals surface area contributed by atoms with Gasteiger partial charge in [0.2, 0.25) is 9.84 Å². The van der Waals surface area contributed by atoms with Gasteiger partial charge < -0.3 is 0 Å². The molecule has 0 saturated heterocycles. The first-order valence-corrected chi connectivity index (χ1v) is 6.12. The molecule has 0 radical (unpaired) electrons. The monoisotopic (exact) mass is 254 g/mol. The Labute approximate surface area is 91.8 Å². The summed E-state index contributed by atoms with van der Waals surface area (Å²) < 4.78 is 46.8. The Hall–Kier alpha value is -0.680. The number of halogens is 3. The van der Waals surface area contributed by atoms with Gasteiger partial charge in [-0.05, 0) is 30.2 Å². The summed E-state index contributed by atoms with van der Waals surface area (Å²) in [5, 5.41) is 0.147. The van der Waals surface area contributed by atoms with E-state index in [9.17, 15) is 17.2 Å². The van der Waals surface area contributed by atoms with E-state index in [1.165, 1.54) is 6.07 Å². The minimum absolute atomic E-state index is 0.147. The van der Waals surface area contributed by atoms with Crippen molar-refractivity contribution in [3.63, 3.8) is 0 Å². The number of rotatable bonds is 3. The van der Waals surface area contributed by atoms with Gasteiger partial charge in [0.1, 0.15) is 0 Å². The van der Waals surface area contributed by atoms with Crippen LogP contribution in [0.4, 0.5) is 8.78 Å². The summed E-state index contributed by atoms with van der Waals surface area (Å²) in [6.07, 6.45) is 0.534. The molecule has 1 aromatic rings. The van der Waals surface area contributed by atoms with Crippen molar-refractivity contribution in [3.05, 3.63) is 28.8 Å². The molecule has 1 rings (SSSR count). The smallest absolute Gasteiger partial charge is 0.218 e.